The van der Waals surface area contributed by atoms with Crippen molar-refractivity contribution in [3.63, 3.8) is 0 Å². The lowest BCUT2D eigenvalue weighted by Crippen LogP contribution is -2.26. The van der Waals surface area contributed by atoms with Crippen LogP contribution < -0.4 is 9.47 Å². The van der Waals surface area contributed by atoms with E-state index in [1.54, 1.807) is 25.1 Å². The molecule has 0 bridgehead atoms. The summed E-state index contributed by atoms with van der Waals surface area (Å²) < 4.78 is 10.3. The van der Waals surface area contributed by atoms with Crippen LogP contribution in [0.1, 0.15) is 25.0 Å². The van der Waals surface area contributed by atoms with Crippen molar-refractivity contribution in [2.75, 3.05) is 6.79 Å². The normalized spacial score (nSPS) is 16.6. The first-order valence-corrected chi connectivity index (χ1v) is 5.34. The van der Waals surface area contributed by atoms with Crippen LogP contribution in [0.5, 0.6) is 11.5 Å². The topological polar surface area (TPSA) is 81.8 Å². The fraction of sp³-hybridized carbons (Fsp3) is 0.455. The van der Waals surface area contributed by atoms with Crippen LogP contribution in [-0.4, -0.2) is 22.9 Å². The Morgan fingerprint density at radius 3 is 2.82 bits per heavy atom. The molecular weight excluding hydrogens is 226 g/mol. The molecule has 1 aromatic rings. The minimum atomic E-state index is -1.13. The summed E-state index contributed by atoms with van der Waals surface area (Å²) in [5.41, 5.74) is 0.470. The molecule has 0 aliphatic carbocycles. The third-order valence-electron chi connectivity index (χ3n) is 2.79. The Morgan fingerprint density at radius 1 is 1.47 bits per heavy atom. The summed E-state index contributed by atoms with van der Waals surface area (Å²) in [6.45, 7) is 1.81. The molecule has 1 aromatic carbocycles. The van der Waals surface area contributed by atoms with Gasteiger partial charge in [-0.3, -0.25) is 10.1 Å². The van der Waals surface area contributed by atoms with Crippen molar-refractivity contribution in [2.45, 2.75) is 25.5 Å². The molecule has 2 rings (SSSR count). The molecule has 0 saturated carbocycles. The first kappa shape index (κ1) is 11.7. The summed E-state index contributed by atoms with van der Waals surface area (Å²) in [6, 6.07) is 3.84. The van der Waals surface area contributed by atoms with Gasteiger partial charge in [-0.1, -0.05) is 13.0 Å². The highest BCUT2D eigenvalue weighted by Gasteiger charge is 2.30. The van der Waals surface area contributed by atoms with Gasteiger partial charge < -0.3 is 14.6 Å². The van der Waals surface area contributed by atoms with Gasteiger partial charge in [0.15, 0.2) is 11.5 Å². The van der Waals surface area contributed by atoms with Crippen molar-refractivity contribution in [1.29, 1.82) is 0 Å². The van der Waals surface area contributed by atoms with Crippen molar-refractivity contribution in [2.24, 2.45) is 0 Å². The highest BCUT2D eigenvalue weighted by atomic mass is 16.7. The van der Waals surface area contributed by atoms with Gasteiger partial charge in [-0.15, -0.1) is 0 Å². The average Bonchev–Trinajstić information content (AvgIpc) is 2.75. The third-order valence-corrected chi connectivity index (χ3v) is 2.79. The minimum absolute atomic E-state index is 0.140. The van der Waals surface area contributed by atoms with E-state index in [2.05, 4.69) is 0 Å². The van der Waals surface area contributed by atoms with Crippen LogP contribution in [0.4, 0.5) is 0 Å². The number of nitrogens with zero attached hydrogens (tertiary/aromatic N) is 1. The van der Waals surface area contributed by atoms with Crippen molar-refractivity contribution in [1.82, 2.24) is 0 Å². The van der Waals surface area contributed by atoms with Gasteiger partial charge in [0.25, 0.3) is 0 Å². The van der Waals surface area contributed by atoms with Crippen LogP contribution >= 0.6 is 0 Å². The smallest absolute Gasteiger partial charge is 0.242 e. The van der Waals surface area contributed by atoms with Crippen molar-refractivity contribution in [3.05, 3.63) is 33.9 Å². The maximum atomic E-state index is 10.8. The van der Waals surface area contributed by atoms with E-state index in [0.717, 1.165) is 0 Å². The fourth-order valence-electron chi connectivity index (χ4n) is 1.81. The van der Waals surface area contributed by atoms with Crippen molar-refractivity contribution >= 4 is 0 Å². The summed E-state index contributed by atoms with van der Waals surface area (Å²) in [5.74, 6) is 1.11. The Kier molecular flexibility index (Phi) is 3.14. The summed E-state index contributed by atoms with van der Waals surface area (Å²) >= 11 is 0. The average molecular weight is 239 g/mol. The quantitative estimate of drug-likeness (QED) is 0.636. The van der Waals surface area contributed by atoms with E-state index in [0.29, 0.717) is 17.1 Å². The summed E-state index contributed by atoms with van der Waals surface area (Å²) in [4.78, 5) is 10.3. The SMILES string of the molecule is CCC(C(O)c1ccc2c(c1)OCO2)[N+](=O)[O-]. The number of rotatable bonds is 4. The van der Waals surface area contributed by atoms with Crippen LogP contribution in [0.3, 0.4) is 0 Å². The van der Waals surface area contributed by atoms with Gasteiger partial charge in [-0.05, 0) is 17.7 Å². The van der Waals surface area contributed by atoms with Gasteiger partial charge in [0.1, 0.15) is 6.10 Å². The van der Waals surface area contributed by atoms with E-state index in [4.69, 9.17) is 9.47 Å². The number of fused-ring (bicyclic) bond motifs is 1. The zero-order chi connectivity index (χ0) is 12.4. The molecule has 2 atom stereocenters. The van der Waals surface area contributed by atoms with E-state index in [1.807, 2.05) is 0 Å². The maximum Gasteiger partial charge on any atom is 0.242 e. The Morgan fingerprint density at radius 2 is 2.18 bits per heavy atom. The maximum absolute atomic E-state index is 10.8. The second kappa shape index (κ2) is 4.58. The molecule has 1 aliphatic rings. The molecule has 1 aliphatic heterocycles. The van der Waals surface area contributed by atoms with Crippen LogP contribution in [0.15, 0.2) is 18.2 Å². The molecule has 6 nitrogen and oxygen atoms in total. The predicted molar refractivity (Wildman–Crippen MR) is 58.6 cm³/mol. The third kappa shape index (κ3) is 2.16. The lowest BCUT2D eigenvalue weighted by Gasteiger charge is -2.15. The molecule has 1 heterocycles. The van der Waals surface area contributed by atoms with Crippen LogP contribution in [-0.2, 0) is 0 Å². The second-order valence-corrected chi connectivity index (χ2v) is 3.82. The number of nitro groups is 1. The zero-order valence-corrected chi connectivity index (χ0v) is 9.33. The number of hydrogen-bond donors (Lipinski definition) is 1. The van der Waals surface area contributed by atoms with Crippen LogP contribution in [0.25, 0.3) is 0 Å². The summed E-state index contributed by atoms with van der Waals surface area (Å²) in [6.07, 6.45) is -0.868. The molecule has 1 N–H and O–H groups in total. The first-order valence-electron chi connectivity index (χ1n) is 5.34. The Balaban J connectivity index is 2.24. The molecule has 2 unspecified atom stereocenters. The standard InChI is InChI=1S/C11H13NO5/c1-2-8(12(14)15)11(13)7-3-4-9-10(5-7)17-6-16-9/h3-5,8,11,13H,2,6H2,1H3. The van der Waals surface area contributed by atoms with Crippen LogP contribution in [0.2, 0.25) is 0 Å². The van der Waals surface area contributed by atoms with E-state index < -0.39 is 17.1 Å². The summed E-state index contributed by atoms with van der Waals surface area (Å²) in [5, 5.41) is 20.7. The predicted octanol–water partition coefficient (Wildman–Crippen LogP) is 1.50. The minimum Gasteiger partial charge on any atom is -0.454 e. The lowest BCUT2D eigenvalue weighted by molar-refractivity contribution is -0.536. The molecule has 17 heavy (non-hydrogen) atoms. The van der Waals surface area contributed by atoms with Crippen molar-refractivity contribution in [3.8, 4) is 11.5 Å². The van der Waals surface area contributed by atoms with E-state index >= 15 is 0 Å². The van der Waals surface area contributed by atoms with Gasteiger partial charge in [-0.2, -0.15) is 0 Å². The van der Waals surface area contributed by atoms with Gasteiger partial charge >= 0.3 is 0 Å². The molecule has 92 valence electrons. The van der Waals surface area contributed by atoms with Gasteiger partial charge in [-0.25, -0.2) is 0 Å². The zero-order valence-electron chi connectivity index (χ0n) is 9.33. The van der Waals surface area contributed by atoms with Crippen LogP contribution in [0, 0.1) is 10.1 Å². The second-order valence-electron chi connectivity index (χ2n) is 3.82. The Hall–Kier alpha value is -1.82. The van der Waals surface area contributed by atoms with E-state index in [1.165, 1.54) is 0 Å². The molecule has 0 radical (unpaired) electrons. The molecular formula is C11H13NO5. The van der Waals surface area contributed by atoms with E-state index in [-0.39, 0.29) is 13.2 Å². The Labute approximate surface area is 97.9 Å². The molecule has 0 saturated heterocycles. The highest BCUT2D eigenvalue weighted by molar-refractivity contribution is 5.45. The molecule has 0 amide bonds. The monoisotopic (exact) mass is 239 g/mol. The van der Waals surface area contributed by atoms with Crippen molar-refractivity contribution < 1.29 is 19.5 Å². The van der Waals surface area contributed by atoms with Gasteiger partial charge in [0.05, 0.1) is 0 Å². The highest BCUT2D eigenvalue weighted by Crippen LogP contribution is 2.35. The van der Waals surface area contributed by atoms with Gasteiger partial charge in [0, 0.05) is 11.3 Å². The number of benzene rings is 1. The molecule has 6 heteroatoms. The number of aliphatic hydroxyl groups excluding tert-OH is 1. The molecule has 0 spiro atoms. The summed E-state index contributed by atoms with van der Waals surface area (Å²) in [7, 11) is 0. The van der Waals surface area contributed by atoms with Gasteiger partial charge in [0.2, 0.25) is 12.8 Å². The molecule has 0 aromatic heterocycles. The fourth-order valence-corrected chi connectivity index (χ4v) is 1.81. The number of hydrogen-bond acceptors (Lipinski definition) is 5. The Bertz CT molecular complexity index is 434. The number of aliphatic hydroxyl groups is 1. The van der Waals surface area contributed by atoms with E-state index in [9.17, 15) is 15.2 Å². The lowest BCUT2D eigenvalue weighted by atomic mass is 10.0. The first-order chi connectivity index (χ1) is 8.13. The number of ether oxygens (including phenoxy) is 2. The molecule has 0 fully saturated rings. The largest absolute Gasteiger partial charge is 0.454 e.